The minimum absolute atomic E-state index is 0.137. The van der Waals surface area contributed by atoms with Gasteiger partial charge in [0, 0.05) is 12.1 Å². The van der Waals surface area contributed by atoms with Crippen LogP contribution in [0.25, 0.3) is 0 Å². The average Bonchev–Trinajstić information content (AvgIpc) is 2.35. The molecule has 0 heterocycles. The molecule has 0 saturated carbocycles. The quantitative estimate of drug-likeness (QED) is 0.867. The molecule has 0 radical (unpaired) electrons. The molecule has 1 unspecified atom stereocenters. The van der Waals surface area contributed by atoms with Crippen LogP contribution in [0, 0.1) is 0 Å². The first kappa shape index (κ1) is 15.8. The molecule has 19 heavy (non-hydrogen) atoms. The summed E-state index contributed by atoms with van der Waals surface area (Å²) in [6, 6.07) is 5.36. The van der Waals surface area contributed by atoms with Crippen molar-refractivity contribution in [1.82, 2.24) is 5.32 Å². The van der Waals surface area contributed by atoms with Gasteiger partial charge in [-0.2, -0.15) is 13.2 Å². The van der Waals surface area contributed by atoms with Gasteiger partial charge in [-0.3, -0.25) is 0 Å². The van der Waals surface area contributed by atoms with Crippen molar-refractivity contribution in [3.63, 3.8) is 0 Å². The van der Waals surface area contributed by atoms with Crippen molar-refractivity contribution in [3.8, 4) is 5.75 Å². The van der Waals surface area contributed by atoms with E-state index in [1.54, 1.807) is 19.2 Å². The molecule has 0 aliphatic heterocycles. The largest absolute Gasteiger partial charge is 0.496 e. The van der Waals surface area contributed by atoms with Crippen LogP contribution in [0.2, 0.25) is 0 Å². The zero-order chi connectivity index (χ0) is 14.5. The zero-order valence-electron chi connectivity index (χ0n) is 11.2. The molecule has 0 aromatic heterocycles. The van der Waals surface area contributed by atoms with Gasteiger partial charge in [-0.25, -0.2) is 0 Å². The maximum atomic E-state index is 12.4. The first-order valence-electron chi connectivity index (χ1n) is 5.87. The molecule has 0 saturated heterocycles. The first-order valence-corrected chi connectivity index (χ1v) is 5.87. The second-order valence-corrected chi connectivity index (χ2v) is 4.17. The van der Waals surface area contributed by atoms with E-state index in [0.29, 0.717) is 17.9 Å². The Hall–Kier alpha value is -1.27. The van der Waals surface area contributed by atoms with Gasteiger partial charge in [-0.15, -0.1) is 0 Å². The fourth-order valence-electron chi connectivity index (χ4n) is 1.57. The van der Waals surface area contributed by atoms with Crippen LogP contribution >= 0.6 is 0 Å². The highest BCUT2D eigenvalue weighted by molar-refractivity contribution is 5.36. The molecule has 0 aliphatic carbocycles. The summed E-state index contributed by atoms with van der Waals surface area (Å²) in [6.07, 6.45) is -6.15. The number of halogens is 3. The minimum atomic E-state index is -4.35. The summed E-state index contributed by atoms with van der Waals surface area (Å²) in [5.41, 5.74) is 1.56. The van der Waals surface area contributed by atoms with Gasteiger partial charge in [0.05, 0.1) is 13.7 Å². The smallest absolute Gasteiger partial charge is 0.414 e. The summed E-state index contributed by atoms with van der Waals surface area (Å²) in [5, 5.41) is 2.98. The number of benzene rings is 1. The predicted octanol–water partition coefficient (Wildman–Crippen LogP) is 2.88. The summed E-state index contributed by atoms with van der Waals surface area (Å²) in [6.45, 7) is 1.48. The van der Waals surface area contributed by atoms with Gasteiger partial charge < -0.3 is 14.8 Å². The van der Waals surface area contributed by atoms with Gasteiger partial charge >= 0.3 is 6.18 Å². The topological polar surface area (TPSA) is 30.5 Å². The molecular formula is C13H18F3NO2. The fraction of sp³-hybridized carbons (Fsp3) is 0.538. The van der Waals surface area contributed by atoms with Crippen molar-refractivity contribution in [2.45, 2.75) is 32.4 Å². The molecule has 6 heteroatoms. The molecule has 0 amide bonds. The van der Waals surface area contributed by atoms with Crippen LogP contribution in [0.1, 0.15) is 18.1 Å². The van der Waals surface area contributed by atoms with Crippen LogP contribution in [0.5, 0.6) is 5.75 Å². The Morgan fingerprint density at radius 1 is 1.32 bits per heavy atom. The minimum Gasteiger partial charge on any atom is -0.496 e. The molecule has 0 bridgehead atoms. The number of nitrogens with one attached hydrogen (secondary N) is 1. The van der Waals surface area contributed by atoms with E-state index in [-0.39, 0.29) is 6.61 Å². The number of alkyl halides is 3. The Balaban J connectivity index is 2.77. The van der Waals surface area contributed by atoms with Crippen molar-refractivity contribution in [2.75, 3.05) is 14.2 Å². The molecule has 1 rings (SSSR count). The van der Waals surface area contributed by atoms with Gasteiger partial charge in [0.25, 0.3) is 0 Å². The maximum Gasteiger partial charge on any atom is 0.414 e. The molecule has 1 N–H and O–H groups in total. The van der Waals surface area contributed by atoms with Gasteiger partial charge in [0.15, 0.2) is 6.10 Å². The summed E-state index contributed by atoms with van der Waals surface area (Å²) in [4.78, 5) is 0. The molecule has 1 aromatic rings. The Bertz CT molecular complexity index is 407. The Morgan fingerprint density at radius 3 is 2.53 bits per heavy atom. The molecule has 1 atom stereocenters. The van der Waals surface area contributed by atoms with Crippen molar-refractivity contribution < 1.29 is 22.6 Å². The summed E-state index contributed by atoms with van der Waals surface area (Å²) >= 11 is 0. The number of hydrogen-bond donors (Lipinski definition) is 1. The van der Waals surface area contributed by atoms with Crippen LogP contribution in [-0.4, -0.2) is 26.4 Å². The molecular weight excluding hydrogens is 259 g/mol. The van der Waals surface area contributed by atoms with Crippen molar-refractivity contribution in [1.29, 1.82) is 0 Å². The van der Waals surface area contributed by atoms with Crippen LogP contribution in [0.3, 0.4) is 0 Å². The van der Waals surface area contributed by atoms with Gasteiger partial charge in [0.2, 0.25) is 0 Å². The van der Waals surface area contributed by atoms with Crippen molar-refractivity contribution in [3.05, 3.63) is 29.3 Å². The van der Waals surface area contributed by atoms with Gasteiger partial charge in [-0.05, 0) is 31.7 Å². The van der Waals surface area contributed by atoms with Crippen LogP contribution in [-0.2, 0) is 17.9 Å². The van der Waals surface area contributed by atoms with Crippen LogP contribution in [0.15, 0.2) is 18.2 Å². The van der Waals surface area contributed by atoms with E-state index in [4.69, 9.17) is 9.47 Å². The standard InChI is InChI=1S/C13H18F3NO2/c1-9(13(14,15)16)19-8-11-6-10(7-17-2)4-5-12(11)18-3/h4-6,9,17H,7-8H2,1-3H3. The Labute approximate surface area is 110 Å². The van der Waals surface area contributed by atoms with E-state index in [1.165, 1.54) is 7.11 Å². The lowest BCUT2D eigenvalue weighted by atomic mass is 10.1. The van der Waals surface area contributed by atoms with Crippen molar-refractivity contribution in [2.24, 2.45) is 0 Å². The van der Waals surface area contributed by atoms with E-state index >= 15 is 0 Å². The predicted molar refractivity (Wildman–Crippen MR) is 66.1 cm³/mol. The Morgan fingerprint density at radius 2 is 2.00 bits per heavy atom. The lowest BCUT2D eigenvalue weighted by Crippen LogP contribution is -2.28. The number of rotatable bonds is 6. The summed E-state index contributed by atoms with van der Waals surface area (Å²) in [5.74, 6) is 0.522. The van der Waals surface area contributed by atoms with Crippen LogP contribution in [0.4, 0.5) is 13.2 Å². The SMILES string of the molecule is CNCc1ccc(OC)c(COC(C)C(F)(F)F)c1. The molecule has 3 nitrogen and oxygen atoms in total. The molecule has 1 aromatic carbocycles. The monoisotopic (exact) mass is 277 g/mol. The number of methoxy groups -OCH3 is 1. The molecule has 108 valence electrons. The second-order valence-electron chi connectivity index (χ2n) is 4.17. The highest BCUT2D eigenvalue weighted by atomic mass is 19.4. The fourth-order valence-corrected chi connectivity index (χ4v) is 1.57. The maximum absolute atomic E-state index is 12.4. The van der Waals surface area contributed by atoms with Gasteiger partial charge in [0.1, 0.15) is 5.75 Å². The number of ether oxygens (including phenoxy) is 2. The zero-order valence-corrected chi connectivity index (χ0v) is 11.2. The lowest BCUT2D eigenvalue weighted by Gasteiger charge is -2.18. The van der Waals surface area contributed by atoms with E-state index in [0.717, 1.165) is 12.5 Å². The number of hydrogen-bond acceptors (Lipinski definition) is 3. The average molecular weight is 277 g/mol. The first-order chi connectivity index (χ1) is 8.88. The third-order valence-electron chi connectivity index (χ3n) is 2.68. The third-order valence-corrected chi connectivity index (χ3v) is 2.68. The van der Waals surface area contributed by atoms with E-state index in [2.05, 4.69) is 5.32 Å². The van der Waals surface area contributed by atoms with Gasteiger partial charge in [-0.1, -0.05) is 6.07 Å². The molecule has 0 aliphatic rings. The summed E-state index contributed by atoms with van der Waals surface area (Å²) in [7, 11) is 3.27. The molecule has 0 spiro atoms. The van der Waals surface area contributed by atoms with E-state index in [9.17, 15) is 13.2 Å². The normalized spacial score (nSPS) is 13.4. The highest BCUT2D eigenvalue weighted by Crippen LogP contribution is 2.26. The van der Waals surface area contributed by atoms with E-state index in [1.807, 2.05) is 6.07 Å². The summed E-state index contributed by atoms with van der Waals surface area (Å²) < 4.78 is 47.1. The molecule has 0 fully saturated rings. The lowest BCUT2D eigenvalue weighted by molar-refractivity contribution is -0.217. The van der Waals surface area contributed by atoms with E-state index < -0.39 is 12.3 Å². The second kappa shape index (κ2) is 6.77. The van der Waals surface area contributed by atoms with Crippen LogP contribution < -0.4 is 10.1 Å². The third kappa shape index (κ3) is 4.72. The van der Waals surface area contributed by atoms with Crippen molar-refractivity contribution >= 4 is 0 Å². The Kier molecular flexibility index (Phi) is 5.62. The highest BCUT2D eigenvalue weighted by Gasteiger charge is 2.36.